The van der Waals surface area contributed by atoms with Gasteiger partial charge in [-0.05, 0) is 52.2 Å². The lowest BCUT2D eigenvalue weighted by Gasteiger charge is -2.13. The van der Waals surface area contributed by atoms with E-state index in [9.17, 15) is 9.59 Å². The molecule has 16 heavy (non-hydrogen) atoms. The molecule has 1 rings (SSSR count). The number of likely N-dealkylation sites (tertiary alicyclic amines) is 1. The first-order valence-electron chi connectivity index (χ1n) is 6.17. The monoisotopic (exact) mass is 226 g/mol. The normalized spacial score (nSPS) is 16.3. The summed E-state index contributed by atoms with van der Waals surface area (Å²) >= 11 is 0. The van der Waals surface area contributed by atoms with E-state index in [2.05, 4.69) is 10.2 Å². The summed E-state index contributed by atoms with van der Waals surface area (Å²) in [5.41, 5.74) is 0. The van der Waals surface area contributed by atoms with Gasteiger partial charge in [0.15, 0.2) is 0 Å². The van der Waals surface area contributed by atoms with Crippen molar-refractivity contribution in [2.45, 2.75) is 39.0 Å². The standard InChI is InChI=1S/C12H22N2O2/c1-11(15)10-12(16)13-6-2-3-7-14-8-4-5-9-14/h2-10H2,1H3,(H,13,16). The van der Waals surface area contributed by atoms with Crippen molar-refractivity contribution in [2.24, 2.45) is 0 Å². The fourth-order valence-electron chi connectivity index (χ4n) is 1.98. The largest absolute Gasteiger partial charge is 0.356 e. The average molecular weight is 226 g/mol. The zero-order chi connectivity index (χ0) is 11.8. The maximum atomic E-state index is 11.1. The van der Waals surface area contributed by atoms with E-state index < -0.39 is 0 Å². The van der Waals surface area contributed by atoms with Crippen LogP contribution in [0.1, 0.15) is 39.0 Å². The molecule has 0 aromatic heterocycles. The van der Waals surface area contributed by atoms with E-state index in [0.717, 1.165) is 19.4 Å². The van der Waals surface area contributed by atoms with E-state index in [1.165, 1.54) is 32.9 Å². The van der Waals surface area contributed by atoms with E-state index in [4.69, 9.17) is 0 Å². The van der Waals surface area contributed by atoms with Crippen LogP contribution < -0.4 is 5.32 Å². The Kier molecular flexibility index (Phi) is 6.08. The van der Waals surface area contributed by atoms with Crippen molar-refractivity contribution in [2.75, 3.05) is 26.2 Å². The summed E-state index contributed by atoms with van der Waals surface area (Å²) in [5, 5.41) is 2.76. The minimum absolute atomic E-state index is 0.0200. The summed E-state index contributed by atoms with van der Waals surface area (Å²) in [6, 6.07) is 0. The predicted octanol–water partition coefficient (Wildman–Crippen LogP) is 0.958. The number of amides is 1. The molecule has 1 saturated heterocycles. The first kappa shape index (κ1) is 13.2. The van der Waals surface area contributed by atoms with Gasteiger partial charge in [0, 0.05) is 6.54 Å². The number of hydrogen-bond donors (Lipinski definition) is 1. The van der Waals surface area contributed by atoms with Crippen molar-refractivity contribution in [3.05, 3.63) is 0 Å². The third-order valence-electron chi connectivity index (χ3n) is 2.83. The molecule has 0 atom stereocenters. The third kappa shape index (κ3) is 5.85. The Morgan fingerprint density at radius 1 is 1.19 bits per heavy atom. The summed E-state index contributed by atoms with van der Waals surface area (Å²) in [5.74, 6) is -0.219. The number of carbonyl (C=O) groups is 2. The number of carbonyl (C=O) groups excluding carboxylic acids is 2. The van der Waals surface area contributed by atoms with E-state index in [-0.39, 0.29) is 18.1 Å². The minimum atomic E-state index is -0.145. The van der Waals surface area contributed by atoms with Crippen molar-refractivity contribution in [3.63, 3.8) is 0 Å². The molecular formula is C12H22N2O2. The molecule has 4 heteroatoms. The molecule has 1 aliphatic rings. The molecule has 1 N–H and O–H groups in total. The van der Waals surface area contributed by atoms with Crippen LogP contribution in [0.4, 0.5) is 0 Å². The number of nitrogens with zero attached hydrogens (tertiary/aromatic N) is 1. The van der Waals surface area contributed by atoms with Gasteiger partial charge in [0.2, 0.25) is 5.91 Å². The number of nitrogens with one attached hydrogen (secondary N) is 1. The van der Waals surface area contributed by atoms with Gasteiger partial charge in [0.1, 0.15) is 5.78 Å². The molecule has 0 saturated carbocycles. The number of Topliss-reactive ketones (excluding diaryl/α,β-unsaturated/α-hetero) is 1. The maximum absolute atomic E-state index is 11.1. The van der Waals surface area contributed by atoms with Gasteiger partial charge >= 0.3 is 0 Å². The van der Waals surface area contributed by atoms with Crippen molar-refractivity contribution in [1.82, 2.24) is 10.2 Å². The summed E-state index contributed by atoms with van der Waals surface area (Å²) in [4.78, 5) is 24.2. The highest BCUT2D eigenvalue weighted by molar-refractivity contribution is 5.96. The Bertz CT molecular complexity index is 235. The van der Waals surface area contributed by atoms with E-state index in [1.54, 1.807) is 0 Å². The van der Waals surface area contributed by atoms with Crippen LogP contribution in [0.3, 0.4) is 0 Å². The second kappa shape index (κ2) is 7.39. The molecular weight excluding hydrogens is 204 g/mol. The van der Waals surface area contributed by atoms with Crippen LogP contribution >= 0.6 is 0 Å². The fraction of sp³-hybridized carbons (Fsp3) is 0.833. The number of hydrogen-bond acceptors (Lipinski definition) is 3. The lowest BCUT2D eigenvalue weighted by molar-refractivity contribution is -0.127. The highest BCUT2D eigenvalue weighted by Crippen LogP contribution is 2.07. The van der Waals surface area contributed by atoms with Crippen LogP contribution in [-0.4, -0.2) is 42.8 Å². The second-order valence-electron chi connectivity index (χ2n) is 4.48. The van der Waals surface area contributed by atoms with Crippen molar-refractivity contribution in [3.8, 4) is 0 Å². The second-order valence-corrected chi connectivity index (χ2v) is 4.48. The summed E-state index contributed by atoms with van der Waals surface area (Å²) < 4.78 is 0. The van der Waals surface area contributed by atoms with Gasteiger partial charge in [-0.3, -0.25) is 9.59 Å². The highest BCUT2D eigenvalue weighted by atomic mass is 16.2. The molecule has 0 bridgehead atoms. The molecule has 0 aromatic rings. The quantitative estimate of drug-likeness (QED) is 0.519. The van der Waals surface area contributed by atoms with Crippen molar-refractivity contribution in [1.29, 1.82) is 0 Å². The molecule has 1 amide bonds. The average Bonchev–Trinajstić information content (AvgIpc) is 2.68. The molecule has 1 aliphatic heterocycles. The minimum Gasteiger partial charge on any atom is -0.356 e. The van der Waals surface area contributed by atoms with Gasteiger partial charge in [0.25, 0.3) is 0 Å². The Hall–Kier alpha value is -0.900. The van der Waals surface area contributed by atoms with E-state index in [1.807, 2.05) is 0 Å². The first-order valence-corrected chi connectivity index (χ1v) is 6.17. The van der Waals surface area contributed by atoms with Crippen LogP contribution in [0.25, 0.3) is 0 Å². The topological polar surface area (TPSA) is 49.4 Å². The van der Waals surface area contributed by atoms with Gasteiger partial charge in [-0.1, -0.05) is 0 Å². The number of unbranched alkanes of at least 4 members (excludes halogenated alkanes) is 1. The van der Waals surface area contributed by atoms with Crippen LogP contribution in [-0.2, 0) is 9.59 Å². The molecule has 92 valence electrons. The zero-order valence-electron chi connectivity index (χ0n) is 10.1. The number of rotatable bonds is 7. The van der Waals surface area contributed by atoms with Gasteiger partial charge in [-0.25, -0.2) is 0 Å². The Balaban J connectivity index is 1.91. The van der Waals surface area contributed by atoms with Gasteiger partial charge in [0.05, 0.1) is 6.42 Å². The summed E-state index contributed by atoms with van der Waals surface area (Å²) in [6.07, 6.45) is 4.80. The maximum Gasteiger partial charge on any atom is 0.227 e. The molecule has 0 spiro atoms. The van der Waals surface area contributed by atoms with Crippen LogP contribution in [0, 0.1) is 0 Å². The smallest absolute Gasteiger partial charge is 0.227 e. The van der Waals surface area contributed by atoms with Crippen LogP contribution in [0.15, 0.2) is 0 Å². The molecule has 1 fully saturated rings. The van der Waals surface area contributed by atoms with Crippen LogP contribution in [0.5, 0.6) is 0 Å². The molecule has 0 radical (unpaired) electrons. The summed E-state index contributed by atoms with van der Waals surface area (Å²) in [7, 11) is 0. The number of ketones is 1. The van der Waals surface area contributed by atoms with Gasteiger partial charge in [-0.15, -0.1) is 0 Å². The van der Waals surface area contributed by atoms with Crippen molar-refractivity contribution >= 4 is 11.7 Å². The Morgan fingerprint density at radius 3 is 2.50 bits per heavy atom. The van der Waals surface area contributed by atoms with Crippen LogP contribution in [0.2, 0.25) is 0 Å². The Morgan fingerprint density at radius 2 is 1.88 bits per heavy atom. The molecule has 0 aromatic carbocycles. The lowest BCUT2D eigenvalue weighted by Crippen LogP contribution is -2.27. The zero-order valence-corrected chi connectivity index (χ0v) is 10.1. The summed E-state index contributed by atoms with van der Waals surface area (Å²) in [6.45, 7) is 5.74. The molecule has 0 aliphatic carbocycles. The van der Waals surface area contributed by atoms with E-state index >= 15 is 0 Å². The SMILES string of the molecule is CC(=O)CC(=O)NCCCCN1CCCC1. The van der Waals surface area contributed by atoms with Crippen molar-refractivity contribution < 1.29 is 9.59 Å². The molecule has 4 nitrogen and oxygen atoms in total. The predicted molar refractivity (Wildman–Crippen MR) is 63.2 cm³/mol. The molecule has 1 heterocycles. The lowest BCUT2D eigenvalue weighted by atomic mass is 10.2. The van der Waals surface area contributed by atoms with E-state index in [0.29, 0.717) is 6.54 Å². The van der Waals surface area contributed by atoms with Gasteiger partial charge in [-0.2, -0.15) is 0 Å². The first-order chi connectivity index (χ1) is 7.68. The van der Waals surface area contributed by atoms with Gasteiger partial charge < -0.3 is 10.2 Å². The third-order valence-corrected chi connectivity index (χ3v) is 2.83. The highest BCUT2D eigenvalue weighted by Gasteiger charge is 2.10. The Labute approximate surface area is 97.4 Å². The fourth-order valence-corrected chi connectivity index (χ4v) is 1.98. The molecule has 0 unspecified atom stereocenters.